The lowest BCUT2D eigenvalue weighted by molar-refractivity contribution is 0.164. The first-order valence-electron chi connectivity index (χ1n) is 6.01. The minimum absolute atomic E-state index is 0.514. The zero-order valence-corrected chi connectivity index (χ0v) is 10.1. The Morgan fingerprint density at radius 2 is 2.31 bits per heavy atom. The Morgan fingerprint density at radius 3 is 3.12 bits per heavy atom. The quantitative estimate of drug-likeness (QED) is 0.826. The first kappa shape index (κ1) is 11.4. The van der Waals surface area contributed by atoms with E-state index in [1.165, 1.54) is 24.1 Å². The van der Waals surface area contributed by atoms with Gasteiger partial charge < -0.3 is 10.1 Å². The molecule has 0 spiro atoms. The largest absolute Gasteiger partial charge is 0.384 e. The highest BCUT2D eigenvalue weighted by molar-refractivity contribution is 5.40. The van der Waals surface area contributed by atoms with E-state index in [0.717, 1.165) is 25.4 Å². The Bertz CT molecular complexity index is 352. The minimum atomic E-state index is 0.514. The monoisotopic (exact) mass is 220 g/mol. The van der Waals surface area contributed by atoms with Crippen LogP contribution < -0.4 is 5.32 Å². The summed E-state index contributed by atoms with van der Waals surface area (Å²) >= 11 is 0. The number of ether oxygens (including phenoxy) is 1. The molecule has 1 aromatic heterocycles. The van der Waals surface area contributed by atoms with Crippen LogP contribution in [-0.4, -0.2) is 25.2 Å². The number of fused-ring (bicyclic) bond motifs is 1. The van der Waals surface area contributed by atoms with Crippen LogP contribution in [0.3, 0.4) is 0 Å². The van der Waals surface area contributed by atoms with Crippen molar-refractivity contribution in [3.8, 4) is 0 Å². The van der Waals surface area contributed by atoms with Crippen LogP contribution in [0, 0.1) is 5.92 Å². The van der Waals surface area contributed by atoms with E-state index in [2.05, 4.69) is 29.4 Å². The van der Waals surface area contributed by atoms with Crippen LogP contribution in [0.25, 0.3) is 0 Å². The molecule has 1 aliphatic rings. The number of aromatic nitrogens is 1. The van der Waals surface area contributed by atoms with Crippen molar-refractivity contribution in [3.05, 3.63) is 23.4 Å². The van der Waals surface area contributed by atoms with Gasteiger partial charge in [-0.05, 0) is 36.8 Å². The normalized spacial score (nSPS) is 15.9. The van der Waals surface area contributed by atoms with Gasteiger partial charge in [-0.2, -0.15) is 0 Å². The Balaban J connectivity index is 1.90. The Labute approximate surface area is 97.2 Å². The number of nitrogens with one attached hydrogen (secondary N) is 1. The van der Waals surface area contributed by atoms with E-state index < -0.39 is 0 Å². The number of pyridine rings is 1. The van der Waals surface area contributed by atoms with E-state index in [9.17, 15) is 0 Å². The average Bonchev–Trinajstić information content (AvgIpc) is 2.74. The van der Waals surface area contributed by atoms with Crippen molar-refractivity contribution in [1.29, 1.82) is 0 Å². The molecule has 88 valence electrons. The van der Waals surface area contributed by atoms with Gasteiger partial charge in [0, 0.05) is 19.3 Å². The molecule has 0 amide bonds. The lowest BCUT2D eigenvalue weighted by Crippen LogP contribution is -2.16. The number of hydrogen-bond acceptors (Lipinski definition) is 3. The molecule has 1 N–H and O–H groups in total. The van der Waals surface area contributed by atoms with Gasteiger partial charge in [-0.15, -0.1) is 0 Å². The molecule has 0 aliphatic heterocycles. The van der Waals surface area contributed by atoms with E-state index in [0.29, 0.717) is 5.92 Å². The first-order chi connectivity index (χ1) is 7.79. The van der Waals surface area contributed by atoms with Gasteiger partial charge in [-0.3, -0.25) is 0 Å². The molecule has 0 aromatic carbocycles. The summed E-state index contributed by atoms with van der Waals surface area (Å²) in [5, 5.41) is 3.37. The predicted molar refractivity (Wildman–Crippen MR) is 65.8 cm³/mol. The molecule has 0 bridgehead atoms. The maximum Gasteiger partial charge on any atom is 0.126 e. The highest BCUT2D eigenvalue weighted by Gasteiger charge is 2.12. The van der Waals surface area contributed by atoms with E-state index in [-0.39, 0.29) is 0 Å². The molecule has 3 nitrogen and oxygen atoms in total. The van der Waals surface area contributed by atoms with Crippen LogP contribution in [0.15, 0.2) is 12.1 Å². The average molecular weight is 220 g/mol. The van der Waals surface area contributed by atoms with Gasteiger partial charge in [-0.25, -0.2) is 4.98 Å². The van der Waals surface area contributed by atoms with Crippen molar-refractivity contribution in [2.24, 2.45) is 5.92 Å². The minimum Gasteiger partial charge on any atom is -0.384 e. The summed E-state index contributed by atoms with van der Waals surface area (Å²) < 4.78 is 5.11. The summed E-state index contributed by atoms with van der Waals surface area (Å²) in [5.74, 6) is 1.52. The van der Waals surface area contributed by atoms with E-state index in [4.69, 9.17) is 4.74 Å². The van der Waals surface area contributed by atoms with Crippen LogP contribution in [0.2, 0.25) is 0 Å². The maximum atomic E-state index is 5.11. The lowest BCUT2D eigenvalue weighted by atomic mass is 10.2. The predicted octanol–water partition coefficient (Wildman–Crippen LogP) is 2.26. The molecule has 1 aliphatic carbocycles. The summed E-state index contributed by atoms with van der Waals surface area (Å²) in [6, 6.07) is 4.29. The van der Waals surface area contributed by atoms with E-state index in [1.54, 1.807) is 7.11 Å². The molecule has 0 fully saturated rings. The van der Waals surface area contributed by atoms with Crippen molar-refractivity contribution < 1.29 is 4.74 Å². The van der Waals surface area contributed by atoms with Crippen LogP contribution in [0.1, 0.15) is 24.6 Å². The van der Waals surface area contributed by atoms with Crippen molar-refractivity contribution in [1.82, 2.24) is 4.98 Å². The van der Waals surface area contributed by atoms with Gasteiger partial charge >= 0.3 is 0 Å². The van der Waals surface area contributed by atoms with Gasteiger partial charge in [-0.1, -0.05) is 13.0 Å². The van der Waals surface area contributed by atoms with E-state index >= 15 is 0 Å². The second-order valence-corrected chi connectivity index (χ2v) is 4.60. The summed E-state index contributed by atoms with van der Waals surface area (Å²) in [4.78, 5) is 4.63. The fraction of sp³-hybridized carbons (Fsp3) is 0.615. The van der Waals surface area contributed by atoms with Gasteiger partial charge in [0.2, 0.25) is 0 Å². The second kappa shape index (κ2) is 5.30. The number of methoxy groups -OCH3 is 1. The Hall–Kier alpha value is -1.09. The van der Waals surface area contributed by atoms with Gasteiger partial charge in [0.25, 0.3) is 0 Å². The Morgan fingerprint density at radius 1 is 1.44 bits per heavy atom. The molecule has 1 aromatic rings. The number of anilines is 1. The standard InChI is InChI=1S/C13H20N2O/c1-10(9-16-2)8-14-13-7-6-11-4-3-5-12(11)15-13/h6-7,10H,3-5,8-9H2,1-2H3,(H,14,15). The molecule has 16 heavy (non-hydrogen) atoms. The molecule has 0 saturated carbocycles. The molecule has 1 heterocycles. The number of rotatable bonds is 5. The van der Waals surface area contributed by atoms with Gasteiger partial charge in [0.15, 0.2) is 0 Å². The first-order valence-corrected chi connectivity index (χ1v) is 6.01. The highest BCUT2D eigenvalue weighted by atomic mass is 16.5. The number of nitrogens with zero attached hydrogens (tertiary/aromatic N) is 1. The molecule has 0 radical (unpaired) electrons. The molecule has 1 unspecified atom stereocenters. The molecule has 2 rings (SSSR count). The summed E-state index contributed by atoms with van der Waals surface area (Å²) in [7, 11) is 1.74. The fourth-order valence-corrected chi connectivity index (χ4v) is 2.14. The molecular weight excluding hydrogens is 200 g/mol. The third-order valence-electron chi connectivity index (χ3n) is 3.01. The molecule has 0 saturated heterocycles. The summed E-state index contributed by atoms with van der Waals surface area (Å²) in [5.41, 5.74) is 2.71. The van der Waals surface area contributed by atoms with E-state index in [1.807, 2.05) is 0 Å². The summed E-state index contributed by atoms with van der Waals surface area (Å²) in [6.07, 6.45) is 3.59. The maximum absolute atomic E-state index is 5.11. The van der Waals surface area contributed by atoms with Crippen LogP contribution in [-0.2, 0) is 17.6 Å². The number of aryl methyl sites for hydroxylation is 2. The lowest BCUT2D eigenvalue weighted by Gasteiger charge is -2.12. The zero-order valence-electron chi connectivity index (χ0n) is 10.1. The third kappa shape index (κ3) is 2.73. The molecule has 3 heteroatoms. The topological polar surface area (TPSA) is 34.1 Å². The van der Waals surface area contributed by atoms with Crippen molar-refractivity contribution >= 4 is 5.82 Å². The van der Waals surface area contributed by atoms with Gasteiger partial charge in [0.1, 0.15) is 5.82 Å². The molecule has 1 atom stereocenters. The van der Waals surface area contributed by atoms with Crippen molar-refractivity contribution in [3.63, 3.8) is 0 Å². The van der Waals surface area contributed by atoms with Crippen LogP contribution >= 0.6 is 0 Å². The van der Waals surface area contributed by atoms with Crippen LogP contribution in [0.4, 0.5) is 5.82 Å². The molecular formula is C13H20N2O. The second-order valence-electron chi connectivity index (χ2n) is 4.60. The van der Waals surface area contributed by atoms with Gasteiger partial charge in [0.05, 0.1) is 6.61 Å². The SMILES string of the molecule is COCC(C)CNc1ccc2c(n1)CCC2. The summed E-state index contributed by atoms with van der Waals surface area (Å²) in [6.45, 7) is 3.88. The van der Waals surface area contributed by atoms with Crippen LogP contribution in [0.5, 0.6) is 0 Å². The highest BCUT2D eigenvalue weighted by Crippen LogP contribution is 2.21. The Kier molecular flexibility index (Phi) is 3.78. The van der Waals surface area contributed by atoms with Crippen molar-refractivity contribution in [2.75, 3.05) is 25.6 Å². The third-order valence-corrected chi connectivity index (χ3v) is 3.01. The zero-order chi connectivity index (χ0) is 11.4. The fourth-order valence-electron chi connectivity index (χ4n) is 2.14. The number of hydrogen-bond donors (Lipinski definition) is 1. The van der Waals surface area contributed by atoms with Crippen molar-refractivity contribution in [2.45, 2.75) is 26.2 Å². The smallest absolute Gasteiger partial charge is 0.126 e.